The monoisotopic (exact) mass is 204 g/mol. The van der Waals surface area contributed by atoms with Crippen molar-refractivity contribution < 1.29 is 8.42 Å². The van der Waals surface area contributed by atoms with E-state index in [1.54, 1.807) is 0 Å². The average molecular weight is 204 g/mol. The second-order valence-corrected chi connectivity index (χ2v) is 5.88. The van der Waals surface area contributed by atoms with E-state index in [4.69, 9.17) is 0 Å². The second-order valence-electron chi connectivity index (χ2n) is 3.89. The van der Waals surface area contributed by atoms with Crippen molar-refractivity contribution in [2.45, 2.75) is 37.0 Å². The van der Waals surface area contributed by atoms with Crippen LogP contribution >= 0.6 is 0 Å². The summed E-state index contributed by atoms with van der Waals surface area (Å²) in [7, 11) is -3.01. The van der Waals surface area contributed by atoms with E-state index in [9.17, 15) is 8.42 Å². The Bertz CT molecular complexity index is 266. The van der Waals surface area contributed by atoms with Gasteiger partial charge in [-0.3, -0.25) is 0 Å². The molecule has 0 aromatic heterocycles. The Kier molecular flexibility index (Phi) is 2.58. The zero-order valence-electron chi connectivity index (χ0n) is 7.62. The molecule has 0 spiro atoms. The summed E-state index contributed by atoms with van der Waals surface area (Å²) < 4.78 is 26.1. The summed E-state index contributed by atoms with van der Waals surface area (Å²) in [6.07, 6.45) is 3.54. The molecule has 1 saturated heterocycles. The molecule has 5 heteroatoms. The molecular weight excluding hydrogens is 188 g/mol. The molecule has 0 atom stereocenters. The Morgan fingerprint density at radius 1 is 1.08 bits per heavy atom. The first kappa shape index (κ1) is 9.43. The molecule has 0 unspecified atom stereocenters. The van der Waals surface area contributed by atoms with Gasteiger partial charge in [0, 0.05) is 6.04 Å². The molecule has 2 rings (SSSR count). The van der Waals surface area contributed by atoms with Crippen molar-refractivity contribution in [3.63, 3.8) is 0 Å². The van der Waals surface area contributed by atoms with Crippen LogP contribution in [0.1, 0.15) is 25.7 Å². The van der Waals surface area contributed by atoms with Crippen LogP contribution in [0, 0.1) is 0 Å². The molecule has 4 nitrogen and oxygen atoms in total. The van der Waals surface area contributed by atoms with E-state index in [0.29, 0.717) is 0 Å². The number of hydrogen-bond acceptors (Lipinski definition) is 3. The Hall–Kier alpha value is -0.130. The summed E-state index contributed by atoms with van der Waals surface area (Å²) in [5.41, 5.74) is 0. The van der Waals surface area contributed by atoms with Gasteiger partial charge in [0.2, 0.25) is 10.0 Å². The molecule has 2 N–H and O–H groups in total. The van der Waals surface area contributed by atoms with Gasteiger partial charge < -0.3 is 5.32 Å². The first-order chi connectivity index (χ1) is 6.18. The van der Waals surface area contributed by atoms with Gasteiger partial charge in [0.1, 0.15) is 0 Å². The minimum atomic E-state index is -3.01. The Labute approximate surface area is 79.1 Å². The van der Waals surface area contributed by atoms with E-state index >= 15 is 0 Å². The highest BCUT2D eigenvalue weighted by molar-refractivity contribution is 7.90. The average Bonchev–Trinajstić information content (AvgIpc) is 2.89. The van der Waals surface area contributed by atoms with E-state index in [1.165, 1.54) is 0 Å². The van der Waals surface area contributed by atoms with Crippen molar-refractivity contribution in [1.29, 1.82) is 0 Å². The van der Waals surface area contributed by atoms with Crippen LogP contribution in [0.2, 0.25) is 0 Å². The van der Waals surface area contributed by atoms with Crippen LogP contribution in [0.15, 0.2) is 0 Å². The van der Waals surface area contributed by atoms with Gasteiger partial charge in [0.25, 0.3) is 0 Å². The standard InChI is InChI=1S/C8H16N2O2S/c11-13(12,10-7-1-2-7)8-3-5-9-6-4-8/h7-10H,1-6H2. The van der Waals surface area contributed by atoms with Crippen LogP contribution in [0.3, 0.4) is 0 Å². The predicted octanol–water partition coefficient (Wildman–Crippen LogP) is -0.180. The van der Waals surface area contributed by atoms with Crippen LogP contribution < -0.4 is 10.0 Å². The van der Waals surface area contributed by atoms with Gasteiger partial charge in [-0.1, -0.05) is 0 Å². The van der Waals surface area contributed by atoms with Gasteiger partial charge >= 0.3 is 0 Å². The van der Waals surface area contributed by atoms with Crippen molar-refractivity contribution in [3.05, 3.63) is 0 Å². The van der Waals surface area contributed by atoms with Crippen LogP contribution in [0.4, 0.5) is 0 Å². The van der Waals surface area contributed by atoms with E-state index < -0.39 is 10.0 Å². The minimum Gasteiger partial charge on any atom is -0.317 e. The number of sulfonamides is 1. The summed E-state index contributed by atoms with van der Waals surface area (Å²) in [6.45, 7) is 1.66. The van der Waals surface area contributed by atoms with Gasteiger partial charge in [-0.2, -0.15) is 0 Å². The summed E-state index contributed by atoms with van der Waals surface area (Å²) in [4.78, 5) is 0. The molecule has 0 aromatic carbocycles. The fourth-order valence-electron chi connectivity index (χ4n) is 1.64. The van der Waals surface area contributed by atoms with Gasteiger partial charge in [-0.25, -0.2) is 13.1 Å². The first-order valence-electron chi connectivity index (χ1n) is 4.90. The molecule has 1 heterocycles. The van der Waals surface area contributed by atoms with Crippen LogP contribution in [-0.2, 0) is 10.0 Å². The highest BCUT2D eigenvalue weighted by atomic mass is 32.2. The largest absolute Gasteiger partial charge is 0.317 e. The molecule has 76 valence electrons. The molecule has 2 aliphatic rings. The summed E-state index contributed by atoms with van der Waals surface area (Å²) in [5.74, 6) is 0. The lowest BCUT2D eigenvalue weighted by Gasteiger charge is -2.22. The first-order valence-corrected chi connectivity index (χ1v) is 6.45. The SMILES string of the molecule is O=S(=O)(NC1CC1)C1CCNCC1. The normalized spacial score (nSPS) is 26.2. The third-order valence-corrected chi connectivity index (χ3v) is 4.64. The molecule has 1 aliphatic carbocycles. The molecule has 0 radical (unpaired) electrons. The lowest BCUT2D eigenvalue weighted by atomic mass is 10.2. The summed E-state index contributed by atoms with van der Waals surface area (Å²) >= 11 is 0. The maximum atomic E-state index is 11.7. The van der Waals surface area contributed by atoms with Crippen molar-refractivity contribution in [1.82, 2.24) is 10.0 Å². The van der Waals surface area contributed by atoms with Crippen LogP contribution in [0.5, 0.6) is 0 Å². The fourth-order valence-corrected chi connectivity index (χ4v) is 3.38. The lowest BCUT2D eigenvalue weighted by Crippen LogP contribution is -2.42. The number of piperidine rings is 1. The summed E-state index contributed by atoms with van der Waals surface area (Å²) in [5, 5.41) is 3.01. The zero-order chi connectivity index (χ0) is 9.31. The number of nitrogens with one attached hydrogen (secondary N) is 2. The maximum Gasteiger partial charge on any atom is 0.214 e. The van der Waals surface area contributed by atoms with E-state index in [2.05, 4.69) is 10.0 Å². The Morgan fingerprint density at radius 2 is 1.69 bits per heavy atom. The Morgan fingerprint density at radius 3 is 2.23 bits per heavy atom. The fraction of sp³-hybridized carbons (Fsp3) is 1.00. The van der Waals surface area contributed by atoms with Gasteiger partial charge in [-0.05, 0) is 38.8 Å². The molecule has 13 heavy (non-hydrogen) atoms. The van der Waals surface area contributed by atoms with Crippen molar-refractivity contribution in [2.75, 3.05) is 13.1 Å². The minimum absolute atomic E-state index is 0.158. The lowest BCUT2D eigenvalue weighted by molar-refractivity contribution is 0.489. The van der Waals surface area contributed by atoms with Crippen LogP contribution in [-0.4, -0.2) is 32.8 Å². The van der Waals surface area contributed by atoms with Crippen molar-refractivity contribution >= 4 is 10.0 Å². The van der Waals surface area contributed by atoms with E-state index in [0.717, 1.165) is 38.8 Å². The molecule has 0 bridgehead atoms. The number of rotatable bonds is 3. The highest BCUT2D eigenvalue weighted by Gasteiger charge is 2.32. The van der Waals surface area contributed by atoms with Gasteiger partial charge in [0.15, 0.2) is 0 Å². The van der Waals surface area contributed by atoms with E-state index in [1.807, 2.05) is 0 Å². The predicted molar refractivity (Wildman–Crippen MR) is 51.0 cm³/mol. The van der Waals surface area contributed by atoms with Crippen molar-refractivity contribution in [2.24, 2.45) is 0 Å². The molecule has 0 aromatic rings. The number of hydrogen-bond donors (Lipinski definition) is 2. The highest BCUT2D eigenvalue weighted by Crippen LogP contribution is 2.22. The molecule has 2 fully saturated rings. The summed E-state index contributed by atoms with van der Waals surface area (Å²) in [6, 6.07) is 0.250. The Balaban J connectivity index is 1.95. The van der Waals surface area contributed by atoms with Crippen molar-refractivity contribution in [3.8, 4) is 0 Å². The van der Waals surface area contributed by atoms with E-state index in [-0.39, 0.29) is 11.3 Å². The van der Waals surface area contributed by atoms with Gasteiger partial charge in [0.05, 0.1) is 5.25 Å². The van der Waals surface area contributed by atoms with Crippen LogP contribution in [0.25, 0.3) is 0 Å². The topological polar surface area (TPSA) is 58.2 Å². The molecule has 1 saturated carbocycles. The smallest absolute Gasteiger partial charge is 0.214 e. The third-order valence-electron chi connectivity index (χ3n) is 2.63. The van der Waals surface area contributed by atoms with Gasteiger partial charge in [-0.15, -0.1) is 0 Å². The quantitative estimate of drug-likeness (QED) is 0.670. The molecular formula is C8H16N2O2S. The second kappa shape index (κ2) is 3.55. The molecule has 0 amide bonds. The molecule has 1 aliphatic heterocycles. The third kappa shape index (κ3) is 2.42. The maximum absolute atomic E-state index is 11.7. The zero-order valence-corrected chi connectivity index (χ0v) is 8.44.